The zero-order chi connectivity index (χ0) is 17.1. The van der Waals surface area contributed by atoms with Crippen LogP contribution < -0.4 is 0 Å². The molecule has 1 rings (SSSR count). The highest BCUT2D eigenvalue weighted by Gasteiger charge is 2.65. The van der Waals surface area contributed by atoms with Crippen LogP contribution in [0.15, 0.2) is 37.5 Å². The maximum absolute atomic E-state index is 12.4. The van der Waals surface area contributed by atoms with E-state index in [-0.39, 0.29) is 23.7 Å². The third-order valence-corrected chi connectivity index (χ3v) is 5.63. The molecule has 22 heavy (non-hydrogen) atoms. The number of aliphatic hydroxyl groups is 1. The van der Waals surface area contributed by atoms with E-state index in [2.05, 4.69) is 19.7 Å². The second-order valence-corrected chi connectivity index (χ2v) is 6.82. The van der Waals surface area contributed by atoms with Crippen molar-refractivity contribution < 1.29 is 14.6 Å². The van der Waals surface area contributed by atoms with Crippen molar-refractivity contribution in [2.75, 3.05) is 7.11 Å². The SMILES string of the molecule is C=CCC[C@]1(O)[C@H](C)[C@@H](C(=O)OC)[C@@H](C(=C)C)[C@]1(C)CC=C. The minimum absolute atomic E-state index is 0.136. The first-order valence-corrected chi connectivity index (χ1v) is 7.88. The molecule has 0 aliphatic heterocycles. The topological polar surface area (TPSA) is 46.5 Å². The van der Waals surface area contributed by atoms with E-state index in [0.29, 0.717) is 19.3 Å². The minimum Gasteiger partial charge on any atom is -0.469 e. The van der Waals surface area contributed by atoms with Crippen LogP contribution in [-0.4, -0.2) is 23.8 Å². The van der Waals surface area contributed by atoms with Crippen molar-refractivity contribution in [3.63, 3.8) is 0 Å². The first kappa shape index (κ1) is 18.7. The fraction of sp³-hybridized carbons (Fsp3) is 0.632. The van der Waals surface area contributed by atoms with E-state index in [1.54, 1.807) is 6.08 Å². The highest BCUT2D eigenvalue weighted by molar-refractivity contribution is 5.75. The summed E-state index contributed by atoms with van der Waals surface area (Å²) in [6.07, 6.45) is 5.52. The molecule has 0 bridgehead atoms. The van der Waals surface area contributed by atoms with Gasteiger partial charge < -0.3 is 9.84 Å². The zero-order valence-corrected chi connectivity index (χ0v) is 14.4. The molecule has 1 aliphatic rings. The molecule has 1 N–H and O–H groups in total. The molecule has 0 radical (unpaired) electrons. The van der Waals surface area contributed by atoms with E-state index in [1.165, 1.54) is 7.11 Å². The molecular weight excluding hydrogens is 276 g/mol. The zero-order valence-electron chi connectivity index (χ0n) is 14.4. The van der Waals surface area contributed by atoms with Gasteiger partial charge in [0.15, 0.2) is 0 Å². The van der Waals surface area contributed by atoms with Crippen molar-refractivity contribution in [1.29, 1.82) is 0 Å². The van der Waals surface area contributed by atoms with E-state index in [1.807, 2.05) is 26.8 Å². The first-order chi connectivity index (χ1) is 10.2. The van der Waals surface area contributed by atoms with Crippen molar-refractivity contribution >= 4 is 5.97 Å². The molecule has 0 aromatic heterocycles. The van der Waals surface area contributed by atoms with Gasteiger partial charge in [0.25, 0.3) is 0 Å². The van der Waals surface area contributed by atoms with Gasteiger partial charge in [-0.05, 0) is 32.1 Å². The van der Waals surface area contributed by atoms with Gasteiger partial charge in [0.2, 0.25) is 0 Å². The Morgan fingerprint density at radius 1 is 1.36 bits per heavy atom. The summed E-state index contributed by atoms with van der Waals surface area (Å²) in [5.74, 6) is -1.01. The Bertz CT molecular complexity index is 467. The summed E-state index contributed by atoms with van der Waals surface area (Å²) in [5, 5.41) is 11.5. The lowest BCUT2D eigenvalue weighted by molar-refractivity contribution is -0.149. The molecule has 3 heteroatoms. The largest absolute Gasteiger partial charge is 0.469 e. The Balaban J connectivity index is 3.47. The molecule has 1 fully saturated rings. The second kappa shape index (κ2) is 6.82. The Hall–Kier alpha value is -1.35. The van der Waals surface area contributed by atoms with Crippen LogP contribution in [0.1, 0.15) is 40.0 Å². The van der Waals surface area contributed by atoms with E-state index >= 15 is 0 Å². The molecule has 0 aromatic carbocycles. The normalized spacial score (nSPS) is 37.6. The number of carbonyl (C=O) groups is 1. The van der Waals surface area contributed by atoms with Gasteiger partial charge in [-0.2, -0.15) is 0 Å². The van der Waals surface area contributed by atoms with Crippen LogP contribution in [0, 0.1) is 23.2 Å². The molecule has 124 valence electrons. The molecule has 0 aromatic rings. The summed E-state index contributed by atoms with van der Waals surface area (Å²) < 4.78 is 5.02. The van der Waals surface area contributed by atoms with E-state index in [9.17, 15) is 9.90 Å². The van der Waals surface area contributed by atoms with Gasteiger partial charge in [0.1, 0.15) is 0 Å². The summed E-state index contributed by atoms with van der Waals surface area (Å²) in [5.41, 5.74) is -0.583. The minimum atomic E-state index is -0.988. The smallest absolute Gasteiger partial charge is 0.309 e. The monoisotopic (exact) mass is 306 g/mol. The number of methoxy groups -OCH3 is 1. The van der Waals surface area contributed by atoms with Gasteiger partial charge in [0, 0.05) is 11.3 Å². The van der Waals surface area contributed by atoms with Crippen molar-refractivity contribution in [1.82, 2.24) is 0 Å². The standard InChI is InChI=1S/C19H30O3/c1-8-10-12-19(21)14(5)15(17(20)22-7)16(13(3)4)18(19,6)11-9-2/h8-9,14-16,21H,1-3,10-12H2,4-7H3/t14-,15-,16-,18+,19+/m1/s1. The van der Waals surface area contributed by atoms with Crippen LogP contribution in [-0.2, 0) is 9.53 Å². The Morgan fingerprint density at radius 3 is 2.36 bits per heavy atom. The fourth-order valence-electron chi connectivity index (χ4n) is 4.54. The van der Waals surface area contributed by atoms with Gasteiger partial charge >= 0.3 is 5.97 Å². The van der Waals surface area contributed by atoms with Crippen LogP contribution in [0.4, 0.5) is 0 Å². The predicted molar refractivity (Wildman–Crippen MR) is 90.3 cm³/mol. The van der Waals surface area contributed by atoms with Gasteiger partial charge in [-0.15, -0.1) is 13.2 Å². The average Bonchev–Trinajstić information content (AvgIpc) is 2.63. The molecule has 0 amide bonds. The summed E-state index contributed by atoms with van der Waals surface area (Å²) in [6.45, 7) is 17.6. The summed E-state index contributed by atoms with van der Waals surface area (Å²) in [7, 11) is 1.40. The average molecular weight is 306 g/mol. The lowest BCUT2D eigenvalue weighted by Gasteiger charge is -2.44. The number of hydrogen-bond donors (Lipinski definition) is 1. The maximum atomic E-state index is 12.4. The molecule has 0 saturated heterocycles. The van der Waals surface area contributed by atoms with Gasteiger partial charge in [0.05, 0.1) is 18.6 Å². The molecule has 3 nitrogen and oxygen atoms in total. The summed E-state index contributed by atoms with van der Waals surface area (Å²) in [6, 6.07) is 0. The number of allylic oxidation sites excluding steroid dienone is 3. The molecule has 1 saturated carbocycles. The van der Waals surface area contributed by atoms with Crippen molar-refractivity contribution in [2.24, 2.45) is 23.2 Å². The van der Waals surface area contributed by atoms with Crippen LogP contribution >= 0.6 is 0 Å². The van der Waals surface area contributed by atoms with Crippen molar-refractivity contribution in [3.8, 4) is 0 Å². The van der Waals surface area contributed by atoms with Crippen LogP contribution in [0.2, 0.25) is 0 Å². The van der Waals surface area contributed by atoms with Gasteiger partial charge in [-0.25, -0.2) is 0 Å². The van der Waals surface area contributed by atoms with Crippen molar-refractivity contribution in [2.45, 2.75) is 45.6 Å². The third-order valence-electron chi connectivity index (χ3n) is 5.63. The lowest BCUT2D eigenvalue weighted by Crippen LogP contribution is -2.48. The number of ether oxygens (including phenoxy) is 1. The Labute approximate surface area is 134 Å². The summed E-state index contributed by atoms with van der Waals surface area (Å²) >= 11 is 0. The van der Waals surface area contributed by atoms with Gasteiger partial charge in [-0.1, -0.05) is 38.2 Å². The number of rotatable bonds is 7. The van der Waals surface area contributed by atoms with Crippen LogP contribution in [0.25, 0.3) is 0 Å². The Morgan fingerprint density at radius 2 is 1.95 bits per heavy atom. The lowest BCUT2D eigenvalue weighted by atomic mass is 9.64. The number of hydrogen-bond acceptors (Lipinski definition) is 3. The molecular formula is C19H30O3. The summed E-state index contributed by atoms with van der Waals surface area (Å²) in [4.78, 5) is 12.4. The maximum Gasteiger partial charge on any atom is 0.309 e. The molecule has 0 unspecified atom stereocenters. The molecule has 0 spiro atoms. The number of carbonyl (C=O) groups excluding carboxylic acids is 1. The first-order valence-electron chi connectivity index (χ1n) is 7.88. The molecule has 0 heterocycles. The van der Waals surface area contributed by atoms with E-state index in [4.69, 9.17) is 4.74 Å². The van der Waals surface area contributed by atoms with Crippen LogP contribution in [0.5, 0.6) is 0 Å². The number of esters is 1. The van der Waals surface area contributed by atoms with Crippen molar-refractivity contribution in [3.05, 3.63) is 37.5 Å². The third kappa shape index (κ3) is 2.67. The second-order valence-electron chi connectivity index (χ2n) is 6.82. The highest BCUT2D eigenvalue weighted by atomic mass is 16.5. The quantitative estimate of drug-likeness (QED) is 0.573. The molecule has 5 atom stereocenters. The predicted octanol–water partition coefficient (Wildman–Crippen LogP) is 3.90. The molecule has 1 aliphatic carbocycles. The van der Waals surface area contributed by atoms with Crippen LogP contribution in [0.3, 0.4) is 0 Å². The Kier molecular flexibility index (Phi) is 5.80. The highest BCUT2D eigenvalue weighted by Crippen LogP contribution is 2.62. The van der Waals surface area contributed by atoms with E-state index < -0.39 is 11.0 Å². The van der Waals surface area contributed by atoms with E-state index in [0.717, 1.165) is 5.57 Å². The van der Waals surface area contributed by atoms with Gasteiger partial charge in [-0.3, -0.25) is 4.79 Å². The fourth-order valence-corrected chi connectivity index (χ4v) is 4.54.